The van der Waals surface area contributed by atoms with Crippen molar-refractivity contribution >= 4 is 11.9 Å². The van der Waals surface area contributed by atoms with Gasteiger partial charge in [0.15, 0.2) is 0 Å². The first-order valence-corrected chi connectivity index (χ1v) is 7.68. The van der Waals surface area contributed by atoms with Gasteiger partial charge < -0.3 is 15.2 Å². The number of benzene rings is 2. The van der Waals surface area contributed by atoms with Crippen LogP contribution >= 0.6 is 0 Å². The molecule has 0 aromatic heterocycles. The predicted molar refractivity (Wildman–Crippen MR) is 91.9 cm³/mol. The highest BCUT2D eigenvalue weighted by molar-refractivity contribution is 5.95. The average Bonchev–Trinajstić information content (AvgIpc) is 2.54. The molecule has 24 heavy (non-hydrogen) atoms. The first kappa shape index (κ1) is 17.5. The molecule has 5 nitrogen and oxygen atoms in total. The molecule has 0 saturated heterocycles. The third-order valence-electron chi connectivity index (χ3n) is 3.80. The minimum Gasteiger partial charge on any atom is -0.496 e. The highest BCUT2D eigenvalue weighted by Gasteiger charge is 2.11. The van der Waals surface area contributed by atoms with E-state index in [0.29, 0.717) is 18.5 Å². The maximum absolute atomic E-state index is 12.3. The lowest BCUT2D eigenvalue weighted by atomic mass is 10.0. The Morgan fingerprint density at radius 1 is 1.08 bits per heavy atom. The molecule has 1 amide bonds. The highest BCUT2D eigenvalue weighted by Crippen LogP contribution is 2.24. The van der Waals surface area contributed by atoms with Gasteiger partial charge in [0.05, 0.1) is 12.7 Å². The number of nitrogens with one attached hydrogen (secondary N) is 1. The fourth-order valence-corrected chi connectivity index (χ4v) is 2.69. The van der Waals surface area contributed by atoms with E-state index in [0.717, 1.165) is 22.4 Å². The Kier molecular flexibility index (Phi) is 5.58. The monoisotopic (exact) mass is 327 g/mol. The predicted octanol–water partition coefficient (Wildman–Crippen LogP) is 2.98. The standard InChI is InChI=1S/C19H21NO4/c1-12-9-16(10-13(2)17(12)24-3)18(21)20-8-7-14-5-4-6-15(11-14)19(22)23/h4-6,9-11H,7-8H2,1-3H3,(H,20,21)(H,22,23). The largest absolute Gasteiger partial charge is 0.496 e. The number of methoxy groups -OCH3 is 1. The van der Waals surface area contributed by atoms with Crippen molar-refractivity contribution in [2.24, 2.45) is 0 Å². The zero-order valence-electron chi connectivity index (χ0n) is 14.1. The lowest BCUT2D eigenvalue weighted by molar-refractivity contribution is 0.0696. The van der Waals surface area contributed by atoms with E-state index in [1.807, 2.05) is 19.9 Å². The van der Waals surface area contributed by atoms with Gasteiger partial charge in [-0.25, -0.2) is 4.79 Å². The molecule has 0 radical (unpaired) electrons. The summed E-state index contributed by atoms with van der Waals surface area (Å²) in [5, 5.41) is 11.8. The number of carboxylic acid groups (broad SMARTS) is 1. The summed E-state index contributed by atoms with van der Waals surface area (Å²) >= 11 is 0. The maximum Gasteiger partial charge on any atom is 0.335 e. The van der Waals surface area contributed by atoms with Gasteiger partial charge in [-0.05, 0) is 61.2 Å². The zero-order chi connectivity index (χ0) is 17.7. The van der Waals surface area contributed by atoms with Crippen LogP contribution in [0.2, 0.25) is 0 Å². The summed E-state index contributed by atoms with van der Waals surface area (Å²) < 4.78 is 5.30. The molecule has 2 aromatic carbocycles. The number of carboxylic acids is 1. The van der Waals surface area contributed by atoms with Crippen LogP contribution in [0.1, 0.15) is 37.4 Å². The lowest BCUT2D eigenvalue weighted by Gasteiger charge is -2.11. The van der Waals surface area contributed by atoms with Crippen LogP contribution in [-0.4, -0.2) is 30.6 Å². The summed E-state index contributed by atoms with van der Waals surface area (Å²) in [6, 6.07) is 10.3. The summed E-state index contributed by atoms with van der Waals surface area (Å²) in [6.07, 6.45) is 0.570. The fraction of sp³-hybridized carbons (Fsp3) is 0.263. The Hall–Kier alpha value is -2.82. The number of carbonyl (C=O) groups excluding carboxylic acids is 1. The Balaban J connectivity index is 1.99. The van der Waals surface area contributed by atoms with Gasteiger partial charge in [0.25, 0.3) is 5.91 Å². The van der Waals surface area contributed by atoms with Crippen molar-refractivity contribution in [2.75, 3.05) is 13.7 Å². The van der Waals surface area contributed by atoms with E-state index >= 15 is 0 Å². The van der Waals surface area contributed by atoms with Gasteiger partial charge >= 0.3 is 5.97 Å². The van der Waals surface area contributed by atoms with Crippen LogP contribution in [0.15, 0.2) is 36.4 Å². The number of ether oxygens (including phenoxy) is 1. The quantitative estimate of drug-likeness (QED) is 0.855. The normalized spacial score (nSPS) is 10.3. The Bertz CT molecular complexity index is 745. The Labute approximate surface area is 141 Å². The van der Waals surface area contributed by atoms with Crippen LogP contribution in [0, 0.1) is 13.8 Å². The average molecular weight is 327 g/mol. The third-order valence-corrected chi connectivity index (χ3v) is 3.80. The second-order valence-electron chi connectivity index (χ2n) is 5.65. The molecule has 2 aromatic rings. The Morgan fingerprint density at radius 3 is 2.33 bits per heavy atom. The van der Waals surface area contributed by atoms with Gasteiger partial charge in [-0.1, -0.05) is 12.1 Å². The van der Waals surface area contributed by atoms with Gasteiger partial charge in [0.2, 0.25) is 0 Å². The van der Waals surface area contributed by atoms with Crippen molar-refractivity contribution in [3.63, 3.8) is 0 Å². The number of aromatic carboxylic acids is 1. The molecule has 0 atom stereocenters. The van der Waals surface area contributed by atoms with Crippen LogP contribution < -0.4 is 10.1 Å². The van der Waals surface area contributed by atoms with E-state index in [1.165, 1.54) is 0 Å². The molecule has 0 saturated carbocycles. The SMILES string of the molecule is COc1c(C)cc(C(=O)NCCc2cccc(C(=O)O)c2)cc1C. The molecule has 0 aliphatic rings. The minimum atomic E-state index is -0.954. The molecular weight excluding hydrogens is 306 g/mol. The van der Waals surface area contributed by atoms with E-state index in [9.17, 15) is 9.59 Å². The first-order chi connectivity index (χ1) is 11.4. The van der Waals surface area contributed by atoms with Crippen molar-refractivity contribution in [1.82, 2.24) is 5.32 Å². The van der Waals surface area contributed by atoms with E-state index in [-0.39, 0.29) is 11.5 Å². The number of carbonyl (C=O) groups is 2. The molecule has 5 heteroatoms. The summed E-state index contributed by atoms with van der Waals surface area (Å²) in [4.78, 5) is 23.2. The van der Waals surface area contributed by atoms with Gasteiger partial charge in [-0.15, -0.1) is 0 Å². The molecule has 0 spiro atoms. The minimum absolute atomic E-state index is 0.154. The maximum atomic E-state index is 12.3. The second-order valence-corrected chi connectivity index (χ2v) is 5.65. The van der Waals surface area contributed by atoms with Crippen LogP contribution in [0.3, 0.4) is 0 Å². The summed E-state index contributed by atoms with van der Waals surface area (Å²) in [6.45, 7) is 4.24. The fourth-order valence-electron chi connectivity index (χ4n) is 2.69. The van der Waals surface area contributed by atoms with Gasteiger partial charge in [0, 0.05) is 12.1 Å². The topological polar surface area (TPSA) is 75.6 Å². The lowest BCUT2D eigenvalue weighted by Crippen LogP contribution is -2.26. The highest BCUT2D eigenvalue weighted by atomic mass is 16.5. The number of aryl methyl sites for hydroxylation is 2. The van der Waals surface area contributed by atoms with Crippen LogP contribution in [0.5, 0.6) is 5.75 Å². The number of amides is 1. The van der Waals surface area contributed by atoms with Crippen molar-refractivity contribution in [2.45, 2.75) is 20.3 Å². The molecule has 0 bridgehead atoms. The van der Waals surface area contributed by atoms with Crippen LogP contribution in [0.25, 0.3) is 0 Å². The van der Waals surface area contributed by atoms with E-state index in [2.05, 4.69) is 5.32 Å². The van der Waals surface area contributed by atoms with Gasteiger partial charge in [0.1, 0.15) is 5.75 Å². The van der Waals surface area contributed by atoms with Gasteiger partial charge in [-0.2, -0.15) is 0 Å². The first-order valence-electron chi connectivity index (χ1n) is 7.68. The van der Waals surface area contributed by atoms with E-state index in [4.69, 9.17) is 9.84 Å². The van der Waals surface area contributed by atoms with Gasteiger partial charge in [-0.3, -0.25) is 4.79 Å². The van der Waals surface area contributed by atoms with Crippen molar-refractivity contribution in [3.05, 3.63) is 64.2 Å². The third kappa shape index (κ3) is 4.13. The summed E-state index contributed by atoms with van der Waals surface area (Å²) in [7, 11) is 1.61. The Morgan fingerprint density at radius 2 is 1.75 bits per heavy atom. The number of hydrogen-bond acceptors (Lipinski definition) is 3. The molecule has 0 aliphatic heterocycles. The van der Waals surface area contributed by atoms with E-state index < -0.39 is 5.97 Å². The number of rotatable bonds is 6. The molecular formula is C19H21NO4. The molecule has 0 heterocycles. The zero-order valence-corrected chi connectivity index (χ0v) is 14.1. The molecule has 0 aliphatic carbocycles. The molecule has 0 fully saturated rings. The number of hydrogen-bond donors (Lipinski definition) is 2. The van der Waals surface area contributed by atoms with Crippen molar-refractivity contribution < 1.29 is 19.4 Å². The molecule has 2 N–H and O–H groups in total. The second kappa shape index (κ2) is 7.64. The summed E-state index contributed by atoms with van der Waals surface area (Å²) in [5.74, 6) is -0.319. The molecule has 126 valence electrons. The van der Waals surface area contributed by atoms with Crippen LogP contribution in [-0.2, 0) is 6.42 Å². The smallest absolute Gasteiger partial charge is 0.335 e. The van der Waals surface area contributed by atoms with Crippen LogP contribution in [0.4, 0.5) is 0 Å². The molecule has 0 unspecified atom stereocenters. The van der Waals surface area contributed by atoms with E-state index in [1.54, 1.807) is 37.4 Å². The summed E-state index contributed by atoms with van der Waals surface area (Å²) in [5.41, 5.74) is 3.54. The van der Waals surface area contributed by atoms with Crippen molar-refractivity contribution in [3.8, 4) is 5.75 Å². The van der Waals surface area contributed by atoms with Crippen molar-refractivity contribution in [1.29, 1.82) is 0 Å². The molecule has 2 rings (SSSR count).